The van der Waals surface area contributed by atoms with Crippen molar-refractivity contribution in [3.05, 3.63) is 0 Å². The molecule has 0 aromatic heterocycles. The zero-order chi connectivity index (χ0) is 12.3. The number of esters is 1. The lowest BCUT2D eigenvalue weighted by Crippen LogP contribution is -2.26. The van der Waals surface area contributed by atoms with Crippen LogP contribution in [0.4, 0.5) is 4.79 Å². The van der Waals surface area contributed by atoms with Gasteiger partial charge in [-0.2, -0.15) is 0 Å². The van der Waals surface area contributed by atoms with Crippen LogP contribution in [0.25, 0.3) is 0 Å². The minimum Gasteiger partial charge on any atom is -0.468 e. The van der Waals surface area contributed by atoms with Gasteiger partial charge in [0, 0.05) is 0 Å². The fraction of sp³-hybridized carbons (Fsp3) is 0.800. The molecule has 0 amide bonds. The second-order valence-electron chi connectivity index (χ2n) is 4.55. The second-order valence-corrected chi connectivity index (χ2v) is 4.55. The minimum atomic E-state index is -0.732. The molecule has 1 rings (SSSR count). The maximum Gasteiger partial charge on any atom is 0.508 e. The zero-order valence-electron chi connectivity index (χ0n) is 9.90. The average molecular weight is 231 g/mol. The standard InChI is InChI=1S/C10H17NO5/c1-10(2,3)16-9(13)15-5-6-7(11-6)8(12)14-4/h6-7,11H,5H2,1-4H3/t6-,7+/m0/s1. The first-order chi connectivity index (χ1) is 7.33. The Balaban J connectivity index is 2.18. The van der Waals surface area contributed by atoms with E-state index in [4.69, 9.17) is 9.47 Å². The van der Waals surface area contributed by atoms with Crippen molar-refractivity contribution in [2.45, 2.75) is 38.5 Å². The summed E-state index contributed by atoms with van der Waals surface area (Å²) < 4.78 is 14.3. The third-order valence-electron chi connectivity index (χ3n) is 1.91. The zero-order valence-corrected chi connectivity index (χ0v) is 9.90. The quantitative estimate of drug-likeness (QED) is 0.561. The Hall–Kier alpha value is -1.30. The maximum atomic E-state index is 11.1. The molecule has 0 spiro atoms. The average Bonchev–Trinajstić information content (AvgIpc) is 2.90. The molecule has 6 nitrogen and oxygen atoms in total. The van der Waals surface area contributed by atoms with E-state index in [0.29, 0.717) is 0 Å². The van der Waals surface area contributed by atoms with Gasteiger partial charge < -0.3 is 14.2 Å². The molecule has 0 aromatic rings. The molecule has 0 saturated carbocycles. The number of carbonyl (C=O) groups is 2. The summed E-state index contributed by atoms with van der Waals surface area (Å²) in [6.45, 7) is 5.36. The maximum absolute atomic E-state index is 11.1. The van der Waals surface area contributed by atoms with Crippen molar-refractivity contribution in [3.63, 3.8) is 0 Å². The van der Waals surface area contributed by atoms with Crippen molar-refractivity contribution in [1.82, 2.24) is 5.32 Å². The van der Waals surface area contributed by atoms with Crippen LogP contribution >= 0.6 is 0 Å². The smallest absolute Gasteiger partial charge is 0.468 e. The highest BCUT2D eigenvalue weighted by Gasteiger charge is 2.44. The highest BCUT2D eigenvalue weighted by Crippen LogP contribution is 2.14. The highest BCUT2D eigenvalue weighted by atomic mass is 16.7. The normalized spacial score (nSPS) is 23.5. The van der Waals surface area contributed by atoms with Crippen LogP contribution in [-0.2, 0) is 19.0 Å². The third-order valence-corrected chi connectivity index (χ3v) is 1.91. The number of carbonyl (C=O) groups excluding carboxylic acids is 2. The van der Waals surface area contributed by atoms with E-state index in [0.717, 1.165) is 0 Å². The molecule has 0 aliphatic carbocycles. The SMILES string of the molecule is COC(=O)[C@@H]1N[C@H]1COC(=O)OC(C)(C)C. The van der Waals surface area contributed by atoms with E-state index in [1.807, 2.05) is 0 Å². The van der Waals surface area contributed by atoms with Crippen molar-refractivity contribution in [1.29, 1.82) is 0 Å². The summed E-state index contributed by atoms with van der Waals surface area (Å²) in [5.74, 6) is -0.349. The van der Waals surface area contributed by atoms with Gasteiger partial charge >= 0.3 is 12.1 Å². The summed E-state index contributed by atoms with van der Waals surface area (Å²) in [6, 6.07) is -0.535. The number of hydrogen-bond acceptors (Lipinski definition) is 6. The molecular weight excluding hydrogens is 214 g/mol. The van der Waals surface area contributed by atoms with Gasteiger partial charge in [0.25, 0.3) is 0 Å². The molecule has 16 heavy (non-hydrogen) atoms. The summed E-state index contributed by atoms with van der Waals surface area (Å²) >= 11 is 0. The minimum absolute atomic E-state index is 0.106. The first-order valence-electron chi connectivity index (χ1n) is 5.03. The van der Waals surface area contributed by atoms with Crippen molar-refractivity contribution < 1.29 is 23.8 Å². The molecule has 0 bridgehead atoms. The molecule has 1 heterocycles. The Morgan fingerprint density at radius 2 is 1.94 bits per heavy atom. The summed E-state index contributed by atoms with van der Waals surface area (Å²) in [5, 5.41) is 2.83. The summed E-state index contributed by atoms with van der Waals surface area (Å²) in [7, 11) is 1.31. The number of nitrogens with one attached hydrogen (secondary N) is 1. The number of hydrogen-bond donors (Lipinski definition) is 1. The van der Waals surface area contributed by atoms with Gasteiger partial charge in [-0.3, -0.25) is 10.1 Å². The highest BCUT2D eigenvalue weighted by molar-refractivity contribution is 5.80. The summed E-state index contributed by atoms with van der Waals surface area (Å²) in [4.78, 5) is 22.2. The van der Waals surface area contributed by atoms with E-state index in [-0.39, 0.29) is 24.7 Å². The fourth-order valence-electron chi connectivity index (χ4n) is 1.12. The lowest BCUT2D eigenvalue weighted by atomic mass is 10.2. The molecule has 1 N–H and O–H groups in total. The lowest BCUT2D eigenvalue weighted by Gasteiger charge is -2.18. The molecule has 2 atom stereocenters. The molecule has 0 radical (unpaired) electrons. The monoisotopic (exact) mass is 231 g/mol. The predicted molar refractivity (Wildman–Crippen MR) is 54.9 cm³/mol. The van der Waals surface area contributed by atoms with E-state index in [2.05, 4.69) is 10.1 Å². The van der Waals surface area contributed by atoms with Gasteiger partial charge in [0.1, 0.15) is 18.2 Å². The van der Waals surface area contributed by atoms with Crippen LogP contribution < -0.4 is 5.32 Å². The van der Waals surface area contributed by atoms with Crippen molar-refractivity contribution in [2.24, 2.45) is 0 Å². The molecule has 92 valence electrons. The largest absolute Gasteiger partial charge is 0.508 e. The molecule has 1 aliphatic heterocycles. The number of ether oxygens (including phenoxy) is 3. The first-order valence-corrected chi connectivity index (χ1v) is 5.03. The van der Waals surface area contributed by atoms with E-state index in [1.54, 1.807) is 20.8 Å². The number of methoxy groups -OCH3 is 1. The van der Waals surface area contributed by atoms with Crippen LogP contribution in [0.1, 0.15) is 20.8 Å². The fourth-order valence-corrected chi connectivity index (χ4v) is 1.12. The van der Waals surface area contributed by atoms with Gasteiger partial charge in [-0.25, -0.2) is 4.79 Å². The Morgan fingerprint density at radius 3 is 2.44 bits per heavy atom. The Bertz CT molecular complexity index is 283. The van der Waals surface area contributed by atoms with Crippen LogP contribution in [0, 0.1) is 0 Å². The molecule has 1 saturated heterocycles. The van der Waals surface area contributed by atoms with Crippen LogP contribution in [0.2, 0.25) is 0 Å². The van der Waals surface area contributed by atoms with Gasteiger partial charge in [-0.1, -0.05) is 0 Å². The molecule has 6 heteroatoms. The lowest BCUT2D eigenvalue weighted by molar-refractivity contribution is -0.140. The topological polar surface area (TPSA) is 83.8 Å². The Labute approximate surface area is 94.2 Å². The summed E-state index contributed by atoms with van der Waals surface area (Å²) in [6.07, 6.45) is -0.732. The third kappa shape index (κ3) is 4.06. The van der Waals surface area contributed by atoms with Crippen LogP contribution in [0.15, 0.2) is 0 Å². The Kier molecular flexibility index (Phi) is 3.74. The Morgan fingerprint density at radius 1 is 1.31 bits per heavy atom. The van der Waals surface area contributed by atoms with E-state index in [1.165, 1.54) is 7.11 Å². The van der Waals surface area contributed by atoms with Gasteiger partial charge in [-0.05, 0) is 20.8 Å². The van der Waals surface area contributed by atoms with Crippen molar-refractivity contribution in [2.75, 3.05) is 13.7 Å². The number of rotatable bonds is 3. The van der Waals surface area contributed by atoms with E-state index < -0.39 is 11.8 Å². The predicted octanol–water partition coefficient (Wildman–Crippen LogP) is 0.451. The van der Waals surface area contributed by atoms with E-state index in [9.17, 15) is 9.59 Å². The molecule has 1 fully saturated rings. The molecule has 1 aliphatic rings. The van der Waals surface area contributed by atoms with Gasteiger partial charge in [-0.15, -0.1) is 0 Å². The van der Waals surface area contributed by atoms with E-state index >= 15 is 0 Å². The van der Waals surface area contributed by atoms with Crippen LogP contribution in [0.5, 0.6) is 0 Å². The van der Waals surface area contributed by atoms with Crippen LogP contribution in [-0.4, -0.2) is 43.5 Å². The van der Waals surface area contributed by atoms with Gasteiger partial charge in [0.15, 0.2) is 0 Å². The van der Waals surface area contributed by atoms with Crippen LogP contribution in [0.3, 0.4) is 0 Å². The van der Waals surface area contributed by atoms with Crippen molar-refractivity contribution >= 4 is 12.1 Å². The molecular formula is C10H17NO5. The van der Waals surface area contributed by atoms with Gasteiger partial charge in [0.2, 0.25) is 0 Å². The van der Waals surface area contributed by atoms with Gasteiger partial charge in [0.05, 0.1) is 13.2 Å². The summed E-state index contributed by atoms with van der Waals surface area (Å²) in [5.41, 5.74) is -0.574. The van der Waals surface area contributed by atoms with Crippen molar-refractivity contribution in [3.8, 4) is 0 Å². The molecule has 0 unspecified atom stereocenters. The first kappa shape index (κ1) is 12.8. The molecule has 0 aromatic carbocycles. The second kappa shape index (κ2) is 4.69.